The molecule has 1 fully saturated rings. The van der Waals surface area contributed by atoms with Crippen LogP contribution < -0.4 is 10.6 Å². The van der Waals surface area contributed by atoms with Crippen LogP contribution in [-0.2, 0) is 14.4 Å². The van der Waals surface area contributed by atoms with Gasteiger partial charge in [0.25, 0.3) is 0 Å². The van der Waals surface area contributed by atoms with E-state index in [-0.39, 0.29) is 18.2 Å². The number of aryl methyl sites for hydroxylation is 1. The van der Waals surface area contributed by atoms with Gasteiger partial charge < -0.3 is 15.7 Å². The summed E-state index contributed by atoms with van der Waals surface area (Å²) in [5.74, 6) is -1.56. The van der Waals surface area contributed by atoms with Gasteiger partial charge in [-0.25, -0.2) is 4.79 Å². The molecule has 1 aromatic rings. The lowest BCUT2D eigenvalue weighted by molar-refractivity contribution is -0.148. The molecule has 1 aliphatic rings. The molecule has 1 unspecified atom stereocenters. The molecule has 1 aliphatic carbocycles. The van der Waals surface area contributed by atoms with Crippen molar-refractivity contribution in [3.05, 3.63) is 35.4 Å². The zero-order valence-electron chi connectivity index (χ0n) is 15.5. The summed E-state index contributed by atoms with van der Waals surface area (Å²) in [6.07, 6.45) is 4.47. The first kappa shape index (κ1) is 19.9. The Hall–Kier alpha value is -2.37. The molecule has 0 aromatic heterocycles. The molecule has 1 saturated carbocycles. The summed E-state index contributed by atoms with van der Waals surface area (Å²) in [7, 11) is 0. The number of benzene rings is 1. The largest absolute Gasteiger partial charge is 0.480 e. The molecular formula is C20H28N2O4. The molecule has 6 nitrogen and oxygen atoms in total. The fraction of sp³-hybridized carbons (Fsp3) is 0.550. The van der Waals surface area contributed by atoms with Crippen LogP contribution in [0, 0.1) is 6.92 Å². The van der Waals surface area contributed by atoms with Crippen LogP contribution in [0.4, 0.5) is 0 Å². The van der Waals surface area contributed by atoms with Crippen molar-refractivity contribution in [2.24, 2.45) is 0 Å². The van der Waals surface area contributed by atoms with Gasteiger partial charge in [0.1, 0.15) is 5.54 Å². The van der Waals surface area contributed by atoms with Crippen molar-refractivity contribution < 1.29 is 19.5 Å². The fourth-order valence-corrected chi connectivity index (χ4v) is 3.52. The first-order valence-electron chi connectivity index (χ1n) is 9.20. The molecule has 0 radical (unpaired) electrons. The lowest BCUT2D eigenvalue weighted by atomic mass is 9.89. The number of nitrogens with one attached hydrogen (secondary N) is 2. The van der Waals surface area contributed by atoms with E-state index in [1.807, 2.05) is 31.2 Å². The Balaban J connectivity index is 2.13. The Labute approximate surface area is 154 Å². The van der Waals surface area contributed by atoms with Gasteiger partial charge in [-0.05, 0) is 25.3 Å². The maximum absolute atomic E-state index is 12.6. The Kier molecular flexibility index (Phi) is 6.77. The number of aliphatic carboxylic acids is 1. The molecule has 2 amide bonds. The SMILES string of the molecule is CC(=O)NC(CC(=O)NC1(C(=O)O)CCCCCC1)c1ccc(C)cc1. The van der Waals surface area contributed by atoms with Crippen molar-refractivity contribution in [3.63, 3.8) is 0 Å². The average Bonchev–Trinajstić information content (AvgIpc) is 2.81. The third-order valence-corrected chi connectivity index (χ3v) is 4.99. The van der Waals surface area contributed by atoms with E-state index in [1.54, 1.807) is 0 Å². The Morgan fingerprint density at radius 1 is 1.08 bits per heavy atom. The van der Waals surface area contributed by atoms with Crippen LogP contribution in [0.2, 0.25) is 0 Å². The van der Waals surface area contributed by atoms with Crippen molar-refractivity contribution in [2.75, 3.05) is 0 Å². The van der Waals surface area contributed by atoms with Gasteiger partial charge >= 0.3 is 5.97 Å². The highest BCUT2D eigenvalue weighted by Crippen LogP contribution is 2.28. The minimum Gasteiger partial charge on any atom is -0.480 e. The van der Waals surface area contributed by atoms with Gasteiger partial charge in [-0.3, -0.25) is 9.59 Å². The van der Waals surface area contributed by atoms with Gasteiger partial charge in [-0.1, -0.05) is 55.5 Å². The number of carbonyl (C=O) groups excluding carboxylic acids is 2. The molecule has 0 aliphatic heterocycles. The normalized spacial score (nSPS) is 17.6. The molecule has 1 aromatic carbocycles. The molecule has 2 rings (SSSR count). The fourth-order valence-electron chi connectivity index (χ4n) is 3.52. The summed E-state index contributed by atoms with van der Waals surface area (Å²) < 4.78 is 0. The van der Waals surface area contributed by atoms with Crippen LogP contribution in [0.25, 0.3) is 0 Å². The Morgan fingerprint density at radius 3 is 2.15 bits per heavy atom. The van der Waals surface area contributed by atoms with E-state index in [9.17, 15) is 19.5 Å². The topological polar surface area (TPSA) is 95.5 Å². The number of carboxylic acid groups (broad SMARTS) is 1. The minimum absolute atomic E-state index is 0.0116. The summed E-state index contributed by atoms with van der Waals surface area (Å²) in [6, 6.07) is 7.12. The lowest BCUT2D eigenvalue weighted by Gasteiger charge is -2.30. The second-order valence-electron chi connectivity index (χ2n) is 7.22. The van der Waals surface area contributed by atoms with Gasteiger partial charge in [-0.2, -0.15) is 0 Å². The van der Waals surface area contributed by atoms with Crippen LogP contribution in [0.5, 0.6) is 0 Å². The second-order valence-corrected chi connectivity index (χ2v) is 7.22. The smallest absolute Gasteiger partial charge is 0.329 e. The van der Waals surface area contributed by atoms with Gasteiger partial charge in [0.2, 0.25) is 11.8 Å². The van der Waals surface area contributed by atoms with E-state index in [4.69, 9.17) is 0 Å². The van der Waals surface area contributed by atoms with Gasteiger partial charge in [0, 0.05) is 6.92 Å². The van der Waals surface area contributed by atoms with Crippen molar-refractivity contribution in [2.45, 2.75) is 70.4 Å². The van der Waals surface area contributed by atoms with Crippen LogP contribution in [0.15, 0.2) is 24.3 Å². The van der Waals surface area contributed by atoms with Crippen molar-refractivity contribution in [3.8, 4) is 0 Å². The second kappa shape index (κ2) is 8.83. The summed E-state index contributed by atoms with van der Waals surface area (Å²) in [4.78, 5) is 36.0. The van der Waals surface area contributed by atoms with Crippen LogP contribution in [0.3, 0.4) is 0 Å². The van der Waals surface area contributed by atoms with Crippen molar-refractivity contribution >= 4 is 17.8 Å². The van der Waals surface area contributed by atoms with E-state index in [1.165, 1.54) is 6.92 Å². The van der Waals surface area contributed by atoms with E-state index < -0.39 is 17.6 Å². The average molecular weight is 360 g/mol. The van der Waals surface area contributed by atoms with E-state index >= 15 is 0 Å². The lowest BCUT2D eigenvalue weighted by Crippen LogP contribution is -2.54. The molecule has 6 heteroatoms. The van der Waals surface area contributed by atoms with E-state index in [0.29, 0.717) is 12.8 Å². The molecule has 0 spiro atoms. The predicted molar refractivity (Wildman–Crippen MR) is 98.6 cm³/mol. The number of rotatable bonds is 6. The van der Waals surface area contributed by atoms with Crippen LogP contribution in [0.1, 0.15) is 69.0 Å². The number of carboxylic acids is 1. The van der Waals surface area contributed by atoms with Gasteiger partial charge in [0.05, 0.1) is 12.5 Å². The number of amides is 2. The zero-order chi connectivity index (χ0) is 19.2. The molecular weight excluding hydrogens is 332 g/mol. The van der Waals surface area contributed by atoms with Crippen LogP contribution in [-0.4, -0.2) is 28.4 Å². The highest BCUT2D eigenvalue weighted by Gasteiger charge is 2.40. The van der Waals surface area contributed by atoms with Crippen LogP contribution >= 0.6 is 0 Å². The maximum atomic E-state index is 12.6. The Bertz CT molecular complexity index is 646. The first-order chi connectivity index (χ1) is 12.3. The molecule has 0 bridgehead atoms. The highest BCUT2D eigenvalue weighted by atomic mass is 16.4. The van der Waals surface area contributed by atoms with E-state index in [0.717, 1.165) is 36.8 Å². The summed E-state index contributed by atoms with van der Waals surface area (Å²) >= 11 is 0. The molecule has 142 valence electrons. The molecule has 1 atom stereocenters. The first-order valence-corrected chi connectivity index (χ1v) is 9.20. The third-order valence-electron chi connectivity index (χ3n) is 4.99. The van der Waals surface area contributed by atoms with Crippen molar-refractivity contribution in [1.82, 2.24) is 10.6 Å². The van der Waals surface area contributed by atoms with Crippen molar-refractivity contribution in [1.29, 1.82) is 0 Å². The Morgan fingerprint density at radius 2 is 1.65 bits per heavy atom. The number of hydrogen-bond donors (Lipinski definition) is 3. The number of carbonyl (C=O) groups is 3. The molecule has 26 heavy (non-hydrogen) atoms. The molecule has 3 N–H and O–H groups in total. The number of hydrogen-bond acceptors (Lipinski definition) is 3. The summed E-state index contributed by atoms with van der Waals surface area (Å²) in [5, 5.41) is 15.3. The maximum Gasteiger partial charge on any atom is 0.329 e. The van der Waals surface area contributed by atoms with Gasteiger partial charge in [-0.15, -0.1) is 0 Å². The zero-order valence-corrected chi connectivity index (χ0v) is 15.5. The summed E-state index contributed by atoms with van der Waals surface area (Å²) in [5.41, 5.74) is 0.719. The monoisotopic (exact) mass is 360 g/mol. The summed E-state index contributed by atoms with van der Waals surface area (Å²) in [6.45, 7) is 3.37. The molecule has 0 saturated heterocycles. The van der Waals surface area contributed by atoms with E-state index in [2.05, 4.69) is 10.6 Å². The quantitative estimate of drug-likeness (QED) is 0.680. The van der Waals surface area contributed by atoms with Gasteiger partial charge in [0.15, 0.2) is 0 Å². The predicted octanol–water partition coefficient (Wildman–Crippen LogP) is 2.86. The highest BCUT2D eigenvalue weighted by molar-refractivity contribution is 5.87. The standard InChI is InChI=1S/C20H28N2O4/c1-14-7-9-16(10-8-14)17(21-15(2)23)13-18(24)22-20(19(25)26)11-5-3-4-6-12-20/h7-10,17H,3-6,11-13H2,1-2H3,(H,21,23)(H,22,24)(H,25,26). The third kappa shape index (κ3) is 5.31. The minimum atomic E-state index is -1.19. The molecule has 0 heterocycles.